The third kappa shape index (κ3) is 3.13. The fourth-order valence-electron chi connectivity index (χ4n) is 2.49. The minimum Gasteiger partial charge on any atom is -0.452 e. The monoisotopic (exact) mass is 315 g/mol. The number of halogens is 1. The van der Waals surface area contributed by atoms with Gasteiger partial charge in [-0.1, -0.05) is 19.1 Å². The van der Waals surface area contributed by atoms with E-state index < -0.39 is 0 Å². The quantitative estimate of drug-likeness (QED) is 0.858. The number of carbonyl (C=O) groups is 1. The molecule has 2 rings (SSSR count). The van der Waals surface area contributed by atoms with Crippen molar-refractivity contribution >= 4 is 34.7 Å². The number of thiocarbonyl (C=S) groups is 1. The van der Waals surface area contributed by atoms with Crippen LogP contribution in [0.4, 0.5) is 0 Å². The van der Waals surface area contributed by atoms with Gasteiger partial charge in [-0.25, -0.2) is 0 Å². The van der Waals surface area contributed by atoms with E-state index in [0.717, 1.165) is 19.5 Å². The van der Waals surface area contributed by atoms with Gasteiger partial charge in [0.15, 0.2) is 0 Å². The number of nitrogens with zero attached hydrogens (tertiary/aromatic N) is 2. The Balaban J connectivity index is 1.96. The molecule has 1 aliphatic heterocycles. The average Bonchev–Trinajstić information content (AvgIpc) is 2.85. The van der Waals surface area contributed by atoms with E-state index in [0.29, 0.717) is 23.6 Å². The van der Waals surface area contributed by atoms with Crippen molar-refractivity contribution in [3.63, 3.8) is 0 Å². The molecule has 5 nitrogen and oxygen atoms in total. The number of hydrogen-bond donors (Lipinski definition) is 1. The van der Waals surface area contributed by atoms with Crippen LogP contribution in [0.1, 0.15) is 23.7 Å². The Bertz CT molecular complexity index is 498. The summed E-state index contributed by atoms with van der Waals surface area (Å²) in [6.07, 6.45) is 2.31. The zero-order valence-electron chi connectivity index (χ0n) is 11.3. The second-order valence-electron chi connectivity index (χ2n) is 4.76. The van der Waals surface area contributed by atoms with Crippen LogP contribution in [0.5, 0.6) is 0 Å². The molecule has 1 aromatic heterocycles. The van der Waals surface area contributed by atoms with Crippen LogP contribution < -0.4 is 5.73 Å². The lowest BCUT2D eigenvalue weighted by molar-refractivity contribution is 0.0611. The van der Waals surface area contributed by atoms with Gasteiger partial charge in [-0.2, -0.15) is 0 Å². The first kappa shape index (κ1) is 15.3. The van der Waals surface area contributed by atoms with E-state index in [9.17, 15) is 4.79 Å². The molecular weight excluding hydrogens is 298 g/mol. The second kappa shape index (κ2) is 6.56. The molecule has 1 atom stereocenters. The highest BCUT2D eigenvalue weighted by Gasteiger charge is 2.28. The van der Waals surface area contributed by atoms with E-state index in [1.165, 1.54) is 6.26 Å². The molecule has 0 saturated carbocycles. The fourth-order valence-corrected chi connectivity index (χ4v) is 3.00. The molecule has 1 amide bonds. The van der Waals surface area contributed by atoms with E-state index in [2.05, 4.69) is 11.8 Å². The highest BCUT2D eigenvalue weighted by Crippen LogP contribution is 2.20. The molecule has 20 heavy (non-hydrogen) atoms. The van der Waals surface area contributed by atoms with E-state index in [-0.39, 0.29) is 17.2 Å². The van der Waals surface area contributed by atoms with Gasteiger partial charge in [-0.3, -0.25) is 9.69 Å². The van der Waals surface area contributed by atoms with Gasteiger partial charge in [-0.15, -0.1) is 0 Å². The smallest absolute Gasteiger partial charge is 0.258 e. The Kier molecular flexibility index (Phi) is 5.01. The van der Waals surface area contributed by atoms with E-state index in [1.54, 1.807) is 11.0 Å². The lowest BCUT2D eigenvalue weighted by atomic mass is 10.1. The van der Waals surface area contributed by atoms with Crippen molar-refractivity contribution in [2.24, 2.45) is 5.73 Å². The molecular formula is C13H18ClN3O2S. The number of amides is 1. The summed E-state index contributed by atoms with van der Waals surface area (Å²) in [5, 5.41) is 0.145. The number of rotatable bonds is 4. The van der Waals surface area contributed by atoms with Crippen LogP contribution >= 0.6 is 23.8 Å². The maximum Gasteiger partial charge on any atom is 0.258 e. The van der Waals surface area contributed by atoms with Gasteiger partial charge in [0.25, 0.3) is 5.91 Å². The van der Waals surface area contributed by atoms with Crippen LogP contribution in [0.25, 0.3) is 0 Å². The van der Waals surface area contributed by atoms with Crippen molar-refractivity contribution in [2.45, 2.75) is 19.4 Å². The highest BCUT2D eigenvalue weighted by atomic mass is 35.5. The summed E-state index contributed by atoms with van der Waals surface area (Å²) in [5.41, 5.74) is 6.17. The van der Waals surface area contributed by atoms with Gasteiger partial charge in [0.2, 0.25) is 5.22 Å². The minimum absolute atomic E-state index is 0.0910. The van der Waals surface area contributed by atoms with Gasteiger partial charge in [0.1, 0.15) is 0 Å². The zero-order chi connectivity index (χ0) is 14.7. The molecule has 0 aromatic carbocycles. The summed E-state index contributed by atoms with van der Waals surface area (Å²) in [5.74, 6) is -0.0910. The Morgan fingerprint density at radius 3 is 2.60 bits per heavy atom. The first-order valence-electron chi connectivity index (χ1n) is 6.60. The maximum atomic E-state index is 12.3. The Morgan fingerprint density at radius 1 is 1.50 bits per heavy atom. The van der Waals surface area contributed by atoms with Crippen molar-refractivity contribution in [1.29, 1.82) is 0 Å². The standard InChI is InChI=1S/C13H18ClN3O2S/c1-2-10(12(15)20)16-4-6-17(7-5-16)13(18)9-3-8-19-11(9)14/h3,8,10H,2,4-7H2,1H3,(H2,15,20). The van der Waals surface area contributed by atoms with Crippen LogP contribution in [0.2, 0.25) is 5.22 Å². The fraction of sp³-hybridized carbons (Fsp3) is 0.538. The topological polar surface area (TPSA) is 62.7 Å². The SMILES string of the molecule is CCC(C(N)=S)N1CCN(C(=O)c2ccoc2Cl)CC1. The largest absolute Gasteiger partial charge is 0.452 e. The maximum absolute atomic E-state index is 12.3. The number of furan rings is 1. The average molecular weight is 316 g/mol. The summed E-state index contributed by atoms with van der Waals surface area (Å²) in [7, 11) is 0. The van der Waals surface area contributed by atoms with Gasteiger partial charge in [-0.05, 0) is 24.1 Å². The number of hydrogen-bond acceptors (Lipinski definition) is 4. The van der Waals surface area contributed by atoms with Crippen LogP contribution in [0.3, 0.4) is 0 Å². The molecule has 2 N–H and O–H groups in total. The normalized spacial score (nSPS) is 18.0. The first-order chi connectivity index (χ1) is 9.54. The molecule has 1 unspecified atom stereocenters. The third-order valence-electron chi connectivity index (χ3n) is 3.61. The van der Waals surface area contributed by atoms with Crippen LogP contribution in [-0.4, -0.2) is 52.9 Å². The molecule has 0 bridgehead atoms. The molecule has 1 aliphatic rings. The van der Waals surface area contributed by atoms with Gasteiger partial charge in [0, 0.05) is 26.2 Å². The minimum atomic E-state index is -0.0910. The molecule has 1 aromatic rings. The second-order valence-corrected chi connectivity index (χ2v) is 5.58. The van der Waals surface area contributed by atoms with Crippen LogP contribution in [0.15, 0.2) is 16.7 Å². The van der Waals surface area contributed by atoms with Gasteiger partial charge in [0.05, 0.1) is 22.9 Å². The van der Waals surface area contributed by atoms with Crippen molar-refractivity contribution in [3.05, 3.63) is 23.1 Å². The van der Waals surface area contributed by atoms with Crippen molar-refractivity contribution in [2.75, 3.05) is 26.2 Å². The number of carbonyl (C=O) groups excluding carboxylic acids is 1. The van der Waals surface area contributed by atoms with Gasteiger partial charge < -0.3 is 15.1 Å². The van der Waals surface area contributed by atoms with Crippen molar-refractivity contribution < 1.29 is 9.21 Å². The summed E-state index contributed by atoms with van der Waals surface area (Å²) in [6, 6.07) is 1.71. The molecule has 0 spiro atoms. The molecule has 1 fully saturated rings. The number of nitrogens with two attached hydrogens (primary N) is 1. The molecule has 2 heterocycles. The Morgan fingerprint density at radius 2 is 2.15 bits per heavy atom. The predicted molar refractivity (Wildman–Crippen MR) is 82.1 cm³/mol. The van der Waals surface area contributed by atoms with Gasteiger partial charge >= 0.3 is 0 Å². The van der Waals surface area contributed by atoms with Crippen molar-refractivity contribution in [3.8, 4) is 0 Å². The van der Waals surface area contributed by atoms with Crippen molar-refractivity contribution in [1.82, 2.24) is 9.80 Å². The lowest BCUT2D eigenvalue weighted by Crippen LogP contribution is -2.54. The highest BCUT2D eigenvalue weighted by molar-refractivity contribution is 7.80. The van der Waals surface area contributed by atoms with Crippen LogP contribution in [-0.2, 0) is 0 Å². The zero-order valence-corrected chi connectivity index (χ0v) is 12.9. The van der Waals surface area contributed by atoms with E-state index in [4.69, 9.17) is 34.0 Å². The summed E-state index contributed by atoms with van der Waals surface area (Å²) < 4.78 is 4.96. The van der Waals surface area contributed by atoms with E-state index >= 15 is 0 Å². The Hall–Kier alpha value is -1.11. The first-order valence-corrected chi connectivity index (χ1v) is 7.38. The third-order valence-corrected chi connectivity index (χ3v) is 4.17. The Labute approximate surface area is 128 Å². The van der Waals surface area contributed by atoms with E-state index in [1.807, 2.05) is 0 Å². The summed E-state index contributed by atoms with van der Waals surface area (Å²) >= 11 is 10.9. The summed E-state index contributed by atoms with van der Waals surface area (Å²) in [4.78, 5) is 16.8. The number of piperazine rings is 1. The lowest BCUT2D eigenvalue weighted by Gasteiger charge is -2.38. The molecule has 0 radical (unpaired) electrons. The predicted octanol–water partition coefficient (Wildman–Crippen LogP) is 1.76. The summed E-state index contributed by atoms with van der Waals surface area (Å²) in [6.45, 7) is 4.86. The van der Waals surface area contributed by atoms with Crippen LogP contribution in [0, 0.1) is 0 Å². The molecule has 7 heteroatoms. The molecule has 1 saturated heterocycles. The molecule has 0 aliphatic carbocycles. The molecule has 110 valence electrons.